The number of benzene rings is 1. The second-order valence-corrected chi connectivity index (χ2v) is 7.11. The second kappa shape index (κ2) is 5.71. The molecular weight excluding hydrogens is 341 g/mol. The van der Waals surface area contributed by atoms with Crippen LogP contribution in [0.25, 0.3) is 11.1 Å². The maximum absolute atomic E-state index is 13.9. The molecule has 1 aromatic carbocycles. The van der Waals surface area contributed by atoms with Gasteiger partial charge in [0.15, 0.2) is 5.03 Å². The van der Waals surface area contributed by atoms with Crippen LogP contribution in [0.1, 0.15) is 24.0 Å². The van der Waals surface area contributed by atoms with Crippen molar-refractivity contribution in [2.24, 2.45) is 5.14 Å². The highest BCUT2D eigenvalue weighted by atomic mass is 32.2. The molecule has 0 unspecified atom stereocenters. The maximum Gasteiger partial charge on any atom is 0.256 e. The summed E-state index contributed by atoms with van der Waals surface area (Å²) in [6.45, 7) is 0. The predicted molar refractivity (Wildman–Crippen MR) is 83.0 cm³/mol. The number of rotatable bonds is 3. The molecule has 1 aliphatic rings. The van der Waals surface area contributed by atoms with Gasteiger partial charge in [-0.25, -0.2) is 31.7 Å². The van der Waals surface area contributed by atoms with E-state index in [9.17, 15) is 21.6 Å². The Kier molecular flexibility index (Phi) is 3.97. The van der Waals surface area contributed by atoms with E-state index in [1.54, 1.807) is 0 Å². The summed E-state index contributed by atoms with van der Waals surface area (Å²) in [7, 11) is -3.95. The molecule has 4 nitrogen and oxygen atoms in total. The molecular formula is C16H13F3N2O2S. The number of primary sulfonamides is 1. The Morgan fingerprint density at radius 3 is 2.00 bits per heavy atom. The normalized spacial score (nSPS) is 17.3. The Morgan fingerprint density at radius 2 is 1.50 bits per heavy atom. The molecule has 2 aromatic rings. The lowest BCUT2D eigenvalue weighted by molar-refractivity contribution is 0.0187. The highest BCUT2D eigenvalue weighted by molar-refractivity contribution is 7.89. The zero-order valence-corrected chi connectivity index (χ0v) is 13.2. The molecule has 0 bridgehead atoms. The van der Waals surface area contributed by atoms with Crippen molar-refractivity contribution in [1.82, 2.24) is 4.98 Å². The molecule has 0 saturated carbocycles. The molecule has 1 heterocycles. The first-order chi connectivity index (χ1) is 11.2. The van der Waals surface area contributed by atoms with Crippen LogP contribution >= 0.6 is 0 Å². The van der Waals surface area contributed by atoms with Crippen LogP contribution in [0.4, 0.5) is 13.2 Å². The van der Waals surface area contributed by atoms with Gasteiger partial charge in [-0.2, -0.15) is 0 Å². The van der Waals surface area contributed by atoms with Crippen LogP contribution in [0.15, 0.2) is 47.6 Å². The minimum absolute atomic E-state index is 0.333. The van der Waals surface area contributed by atoms with Crippen LogP contribution in [0.5, 0.6) is 0 Å². The van der Waals surface area contributed by atoms with E-state index in [2.05, 4.69) is 4.98 Å². The summed E-state index contributed by atoms with van der Waals surface area (Å²) in [6.07, 6.45) is 0.251. The fourth-order valence-electron chi connectivity index (χ4n) is 2.72. The molecule has 0 aliphatic heterocycles. The predicted octanol–water partition coefficient (Wildman–Crippen LogP) is 3.21. The molecule has 24 heavy (non-hydrogen) atoms. The van der Waals surface area contributed by atoms with Gasteiger partial charge in [0.2, 0.25) is 0 Å². The minimum Gasteiger partial charge on any atom is -0.243 e. The fraction of sp³-hybridized carbons (Fsp3) is 0.188. The molecule has 0 atom stereocenters. The Hall–Kier alpha value is -2.19. The van der Waals surface area contributed by atoms with Gasteiger partial charge in [-0.15, -0.1) is 0 Å². The molecule has 0 radical (unpaired) electrons. The molecule has 3 rings (SSSR count). The third kappa shape index (κ3) is 3.34. The van der Waals surface area contributed by atoms with Gasteiger partial charge < -0.3 is 0 Å². The molecule has 0 saturated heterocycles. The van der Waals surface area contributed by atoms with Crippen molar-refractivity contribution in [2.45, 2.75) is 23.8 Å². The van der Waals surface area contributed by atoms with Gasteiger partial charge in [0.05, 0.1) is 0 Å². The summed E-state index contributed by atoms with van der Waals surface area (Å²) in [5.74, 6) is -3.37. The van der Waals surface area contributed by atoms with Gasteiger partial charge in [-0.3, -0.25) is 0 Å². The lowest BCUT2D eigenvalue weighted by atomic mass is 9.98. The van der Waals surface area contributed by atoms with Crippen LogP contribution < -0.4 is 5.14 Å². The summed E-state index contributed by atoms with van der Waals surface area (Å²) in [4.78, 5) is 3.73. The lowest BCUT2D eigenvalue weighted by Crippen LogP contribution is -2.14. The van der Waals surface area contributed by atoms with Crippen LogP contribution in [-0.2, 0) is 10.0 Å². The standard InChI is InChI=1S/C16H13F3N2O2S/c17-12-4-1-10(2-5-12)13-7-16(18,19)8-14(13)11-3-6-15(21-9-11)24(20,22)23/h1-6,9H,7-8H2,(H2,20,22,23). The first kappa shape index (κ1) is 16.7. The van der Waals surface area contributed by atoms with Crippen molar-refractivity contribution in [3.8, 4) is 0 Å². The summed E-state index contributed by atoms with van der Waals surface area (Å²) in [5, 5.41) is 4.64. The number of pyridine rings is 1. The Bertz CT molecular complexity index is 905. The highest BCUT2D eigenvalue weighted by Crippen LogP contribution is 2.47. The minimum atomic E-state index is -3.95. The highest BCUT2D eigenvalue weighted by Gasteiger charge is 2.40. The summed E-state index contributed by atoms with van der Waals surface area (Å²) >= 11 is 0. The molecule has 0 amide bonds. The number of nitrogens with two attached hydrogens (primary N) is 1. The number of halogens is 3. The second-order valence-electron chi connectivity index (χ2n) is 5.60. The zero-order valence-electron chi connectivity index (χ0n) is 12.3. The van der Waals surface area contributed by atoms with E-state index < -0.39 is 34.6 Å². The molecule has 1 aliphatic carbocycles. The van der Waals surface area contributed by atoms with Crippen molar-refractivity contribution in [2.75, 3.05) is 0 Å². The van der Waals surface area contributed by atoms with E-state index in [1.165, 1.54) is 42.6 Å². The van der Waals surface area contributed by atoms with E-state index in [1.807, 2.05) is 0 Å². The topological polar surface area (TPSA) is 73.1 Å². The van der Waals surface area contributed by atoms with E-state index >= 15 is 0 Å². The van der Waals surface area contributed by atoms with Crippen LogP contribution in [0, 0.1) is 5.82 Å². The molecule has 2 N–H and O–H groups in total. The zero-order chi connectivity index (χ0) is 17.5. The SMILES string of the molecule is NS(=O)(=O)c1ccc(C2=C(c3ccc(F)cc3)CC(F)(F)C2)cn1. The Balaban J connectivity index is 2.07. The number of sulfonamides is 1. The van der Waals surface area contributed by atoms with Gasteiger partial charge >= 0.3 is 0 Å². The lowest BCUT2D eigenvalue weighted by Gasteiger charge is -2.08. The number of hydrogen-bond acceptors (Lipinski definition) is 3. The van der Waals surface area contributed by atoms with Gasteiger partial charge in [0, 0.05) is 19.0 Å². The van der Waals surface area contributed by atoms with Crippen molar-refractivity contribution in [3.05, 3.63) is 59.5 Å². The third-order valence-electron chi connectivity index (χ3n) is 3.80. The summed E-state index contributed by atoms with van der Waals surface area (Å²) < 4.78 is 63.4. The van der Waals surface area contributed by atoms with Crippen molar-refractivity contribution in [3.63, 3.8) is 0 Å². The number of alkyl halides is 2. The number of hydrogen-bond donors (Lipinski definition) is 1. The quantitative estimate of drug-likeness (QED) is 0.920. The third-order valence-corrected chi connectivity index (χ3v) is 4.63. The average molecular weight is 354 g/mol. The molecule has 8 heteroatoms. The Labute approximate surface area is 136 Å². The molecule has 126 valence electrons. The first-order valence-corrected chi connectivity index (χ1v) is 8.55. The largest absolute Gasteiger partial charge is 0.256 e. The van der Waals surface area contributed by atoms with E-state index in [4.69, 9.17) is 5.14 Å². The van der Waals surface area contributed by atoms with Crippen LogP contribution in [-0.4, -0.2) is 19.3 Å². The Morgan fingerprint density at radius 1 is 0.958 bits per heavy atom. The van der Waals surface area contributed by atoms with E-state index in [-0.39, 0.29) is 5.03 Å². The smallest absolute Gasteiger partial charge is 0.243 e. The van der Waals surface area contributed by atoms with E-state index in [0.29, 0.717) is 22.3 Å². The number of aromatic nitrogens is 1. The molecule has 1 aromatic heterocycles. The van der Waals surface area contributed by atoms with Gasteiger partial charge in [-0.05, 0) is 40.5 Å². The monoisotopic (exact) mass is 354 g/mol. The maximum atomic E-state index is 13.9. The van der Waals surface area contributed by atoms with Gasteiger partial charge in [0.1, 0.15) is 5.82 Å². The summed E-state index contributed by atoms with van der Waals surface area (Å²) in [5.41, 5.74) is 1.64. The molecule has 0 spiro atoms. The van der Waals surface area contributed by atoms with Gasteiger partial charge in [-0.1, -0.05) is 18.2 Å². The van der Waals surface area contributed by atoms with Crippen molar-refractivity contribution < 1.29 is 21.6 Å². The number of nitrogens with zero attached hydrogens (tertiary/aromatic N) is 1. The van der Waals surface area contributed by atoms with Crippen LogP contribution in [0.2, 0.25) is 0 Å². The molecule has 0 fully saturated rings. The average Bonchev–Trinajstić information content (AvgIpc) is 2.83. The van der Waals surface area contributed by atoms with E-state index in [0.717, 1.165) is 0 Å². The number of allylic oxidation sites excluding steroid dienone is 2. The van der Waals surface area contributed by atoms with Crippen molar-refractivity contribution >= 4 is 21.2 Å². The first-order valence-electron chi connectivity index (χ1n) is 7.01. The van der Waals surface area contributed by atoms with Crippen LogP contribution in [0.3, 0.4) is 0 Å². The summed E-state index contributed by atoms with van der Waals surface area (Å²) in [6, 6.07) is 7.87. The van der Waals surface area contributed by atoms with Gasteiger partial charge in [0.25, 0.3) is 15.9 Å². The fourth-order valence-corrected chi connectivity index (χ4v) is 3.18. The van der Waals surface area contributed by atoms with Crippen molar-refractivity contribution in [1.29, 1.82) is 0 Å².